The normalized spacial score (nSPS) is 20.2. The summed E-state index contributed by atoms with van der Waals surface area (Å²) in [5.74, 6) is -0.301. The van der Waals surface area contributed by atoms with Crippen LogP contribution < -0.4 is 0 Å². The molecule has 0 amide bonds. The van der Waals surface area contributed by atoms with E-state index in [9.17, 15) is 9.18 Å². The number of benzene rings is 1. The molecule has 0 N–H and O–H groups in total. The maximum atomic E-state index is 13.0. The van der Waals surface area contributed by atoms with Crippen molar-refractivity contribution in [2.75, 3.05) is 13.1 Å². The van der Waals surface area contributed by atoms with Gasteiger partial charge in [-0.3, -0.25) is 9.69 Å². The molecule has 1 aliphatic rings. The third-order valence-electron chi connectivity index (χ3n) is 3.74. The summed E-state index contributed by atoms with van der Waals surface area (Å²) in [7, 11) is 0. The average molecular weight is 249 g/mol. The maximum Gasteiger partial charge on any atom is 0.164 e. The molecular formula is C15H20FNO. The van der Waals surface area contributed by atoms with Gasteiger partial charge in [0.2, 0.25) is 0 Å². The zero-order valence-corrected chi connectivity index (χ0v) is 10.9. The number of Topliss-reactive ketones (excluding diaryl/α,β-unsaturated/α-hetero) is 1. The van der Waals surface area contributed by atoms with E-state index in [1.807, 2.05) is 0 Å². The maximum absolute atomic E-state index is 13.0. The first-order valence-corrected chi connectivity index (χ1v) is 6.73. The zero-order chi connectivity index (χ0) is 13.0. The van der Waals surface area contributed by atoms with Gasteiger partial charge in [0.1, 0.15) is 5.82 Å². The van der Waals surface area contributed by atoms with E-state index >= 15 is 0 Å². The molecule has 1 fully saturated rings. The molecule has 0 aromatic heterocycles. The third kappa shape index (κ3) is 3.16. The van der Waals surface area contributed by atoms with Gasteiger partial charge in [-0.05, 0) is 37.9 Å². The van der Waals surface area contributed by atoms with Gasteiger partial charge in [-0.15, -0.1) is 0 Å². The fraction of sp³-hybridized carbons (Fsp3) is 0.533. The molecule has 0 saturated carbocycles. The van der Waals surface area contributed by atoms with Gasteiger partial charge in [-0.1, -0.05) is 19.1 Å². The Kier molecular flexibility index (Phi) is 4.48. The number of nitrogens with zero attached hydrogens (tertiary/aromatic N) is 1. The van der Waals surface area contributed by atoms with Crippen LogP contribution in [0.1, 0.15) is 43.0 Å². The summed E-state index contributed by atoms with van der Waals surface area (Å²) in [6.07, 6.45) is 4.10. The van der Waals surface area contributed by atoms with E-state index in [4.69, 9.17) is 0 Å². The average Bonchev–Trinajstić information content (AvgIpc) is 2.83. The molecule has 0 spiro atoms. The van der Waals surface area contributed by atoms with Crippen LogP contribution in [0.25, 0.3) is 0 Å². The molecular weight excluding hydrogens is 229 g/mol. The molecule has 1 aliphatic heterocycles. The minimum Gasteiger partial charge on any atom is -0.300 e. The highest BCUT2D eigenvalue weighted by atomic mass is 19.1. The van der Waals surface area contributed by atoms with Crippen molar-refractivity contribution in [1.29, 1.82) is 0 Å². The number of hydrogen-bond acceptors (Lipinski definition) is 2. The van der Waals surface area contributed by atoms with Gasteiger partial charge in [0, 0.05) is 24.6 Å². The van der Waals surface area contributed by atoms with Gasteiger partial charge in [0.05, 0.1) is 0 Å². The standard InChI is InChI=1S/C15H20FNO/c1-2-14-7-4-9-17(14)10-8-15(18)12-5-3-6-13(16)11-12/h3,5-6,11,14H,2,4,7-10H2,1H3. The van der Waals surface area contributed by atoms with E-state index in [0.29, 0.717) is 18.0 Å². The lowest BCUT2D eigenvalue weighted by Crippen LogP contribution is -2.30. The minimum absolute atomic E-state index is 0.0382. The molecule has 1 unspecified atom stereocenters. The lowest BCUT2D eigenvalue weighted by atomic mass is 10.1. The molecule has 98 valence electrons. The Balaban J connectivity index is 1.88. The zero-order valence-electron chi connectivity index (χ0n) is 10.9. The van der Waals surface area contributed by atoms with Crippen LogP contribution >= 0.6 is 0 Å². The minimum atomic E-state index is -0.339. The molecule has 1 aromatic carbocycles. The highest BCUT2D eigenvalue weighted by Crippen LogP contribution is 2.20. The van der Waals surface area contributed by atoms with Crippen molar-refractivity contribution in [3.8, 4) is 0 Å². The van der Waals surface area contributed by atoms with Crippen LogP contribution in [0.2, 0.25) is 0 Å². The Morgan fingerprint density at radius 3 is 3.06 bits per heavy atom. The predicted molar refractivity (Wildman–Crippen MR) is 70.2 cm³/mol. The van der Waals surface area contributed by atoms with Crippen molar-refractivity contribution >= 4 is 5.78 Å². The Morgan fingerprint density at radius 1 is 1.50 bits per heavy atom. The van der Waals surface area contributed by atoms with Crippen LogP contribution in [0, 0.1) is 5.82 Å². The number of carbonyl (C=O) groups is 1. The van der Waals surface area contributed by atoms with E-state index in [1.54, 1.807) is 12.1 Å². The van der Waals surface area contributed by atoms with Crippen molar-refractivity contribution in [2.45, 2.75) is 38.6 Å². The van der Waals surface area contributed by atoms with Crippen molar-refractivity contribution in [1.82, 2.24) is 4.90 Å². The number of hydrogen-bond donors (Lipinski definition) is 0. The smallest absolute Gasteiger partial charge is 0.164 e. The molecule has 3 heteroatoms. The Bertz CT molecular complexity index is 419. The molecule has 1 saturated heterocycles. The van der Waals surface area contributed by atoms with Gasteiger partial charge >= 0.3 is 0 Å². The summed E-state index contributed by atoms with van der Waals surface area (Å²) in [4.78, 5) is 14.3. The van der Waals surface area contributed by atoms with E-state index in [2.05, 4.69) is 11.8 Å². The van der Waals surface area contributed by atoms with Crippen molar-refractivity contribution in [3.05, 3.63) is 35.6 Å². The third-order valence-corrected chi connectivity index (χ3v) is 3.74. The number of carbonyl (C=O) groups excluding carboxylic acids is 1. The topological polar surface area (TPSA) is 20.3 Å². The molecule has 0 radical (unpaired) electrons. The molecule has 2 rings (SSSR count). The predicted octanol–water partition coefficient (Wildman–Crippen LogP) is 3.27. The Labute approximate surface area is 108 Å². The highest BCUT2D eigenvalue weighted by molar-refractivity contribution is 5.96. The highest BCUT2D eigenvalue weighted by Gasteiger charge is 2.23. The van der Waals surface area contributed by atoms with Crippen LogP contribution in [0.3, 0.4) is 0 Å². The van der Waals surface area contributed by atoms with Gasteiger partial charge in [-0.2, -0.15) is 0 Å². The van der Waals surface area contributed by atoms with Crippen molar-refractivity contribution < 1.29 is 9.18 Å². The van der Waals surface area contributed by atoms with Crippen LogP contribution in [-0.4, -0.2) is 29.8 Å². The van der Waals surface area contributed by atoms with Gasteiger partial charge in [0.15, 0.2) is 5.78 Å². The van der Waals surface area contributed by atoms with E-state index < -0.39 is 0 Å². The van der Waals surface area contributed by atoms with E-state index in [0.717, 1.165) is 19.5 Å². The van der Waals surface area contributed by atoms with Crippen LogP contribution in [-0.2, 0) is 0 Å². The second-order valence-corrected chi connectivity index (χ2v) is 4.92. The number of likely N-dealkylation sites (tertiary alicyclic amines) is 1. The Hall–Kier alpha value is -1.22. The SMILES string of the molecule is CCC1CCCN1CCC(=O)c1cccc(F)c1. The van der Waals surface area contributed by atoms with Crippen LogP contribution in [0.4, 0.5) is 4.39 Å². The summed E-state index contributed by atoms with van der Waals surface area (Å²) in [5, 5.41) is 0. The summed E-state index contributed by atoms with van der Waals surface area (Å²) in [5.41, 5.74) is 0.488. The Morgan fingerprint density at radius 2 is 2.33 bits per heavy atom. The summed E-state index contributed by atoms with van der Waals surface area (Å²) < 4.78 is 13.0. The molecule has 1 atom stereocenters. The van der Waals surface area contributed by atoms with Crippen molar-refractivity contribution in [2.24, 2.45) is 0 Å². The van der Waals surface area contributed by atoms with Gasteiger partial charge in [-0.25, -0.2) is 4.39 Å². The molecule has 1 aromatic rings. The fourth-order valence-electron chi connectivity index (χ4n) is 2.70. The number of rotatable bonds is 5. The van der Waals surface area contributed by atoms with E-state index in [1.165, 1.54) is 25.0 Å². The van der Waals surface area contributed by atoms with E-state index in [-0.39, 0.29) is 11.6 Å². The van der Waals surface area contributed by atoms with Crippen LogP contribution in [0.5, 0.6) is 0 Å². The summed E-state index contributed by atoms with van der Waals surface area (Å²) >= 11 is 0. The lowest BCUT2D eigenvalue weighted by Gasteiger charge is -2.22. The monoisotopic (exact) mass is 249 g/mol. The first-order chi connectivity index (χ1) is 8.70. The second-order valence-electron chi connectivity index (χ2n) is 4.92. The molecule has 0 bridgehead atoms. The fourth-order valence-corrected chi connectivity index (χ4v) is 2.70. The first kappa shape index (κ1) is 13.2. The molecule has 1 heterocycles. The quantitative estimate of drug-likeness (QED) is 0.746. The molecule has 0 aliphatic carbocycles. The largest absolute Gasteiger partial charge is 0.300 e. The lowest BCUT2D eigenvalue weighted by molar-refractivity contribution is 0.0960. The molecule has 18 heavy (non-hydrogen) atoms. The van der Waals surface area contributed by atoms with Gasteiger partial charge < -0.3 is 0 Å². The summed E-state index contributed by atoms with van der Waals surface area (Å²) in [6, 6.07) is 6.60. The first-order valence-electron chi connectivity index (χ1n) is 6.73. The van der Waals surface area contributed by atoms with Gasteiger partial charge in [0.25, 0.3) is 0 Å². The van der Waals surface area contributed by atoms with Crippen molar-refractivity contribution in [3.63, 3.8) is 0 Å². The number of ketones is 1. The van der Waals surface area contributed by atoms with Crippen LogP contribution in [0.15, 0.2) is 24.3 Å². The molecule has 2 nitrogen and oxygen atoms in total. The number of halogens is 1. The second kappa shape index (κ2) is 6.10. The summed E-state index contributed by atoms with van der Waals surface area (Å²) in [6.45, 7) is 4.08.